The van der Waals surface area contributed by atoms with Crippen LogP contribution in [0.1, 0.15) is 49.2 Å². The van der Waals surface area contributed by atoms with E-state index in [0.717, 1.165) is 29.8 Å². The van der Waals surface area contributed by atoms with Gasteiger partial charge >= 0.3 is 0 Å². The Labute approximate surface area is 168 Å². The summed E-state index contributed by atoms with van der Waals surface area (Å²) in [6.07, 6.45) is 4.98. The summed E-state index contributed by atoms with van der Waals surface area (Å²) in [6.45, 7) is 3.92. The van der Waals surface area contributed by atoms with Crippen molar-refractivity contribution in [1.82, 2.24) is 15.6 Å². The molecule has 2 unspecified atom stereocenters. The number of benzene rings is 1. The van der Waals surface area contributed by atoms with Crippen molar-refractivity contribution < 1.29 is 9.59 Å². The Morgan fingerprint density at radius 2 is 2.04 bits per heavy atom. The molecule has 1 aromatic carbocycles. The van der Waals surface area contributed by atoms with E-state index in [1.54, 1.807) is 6.20 Å². The Morgan fingerprint density at radius 1 is 1.26 bits per heavy atom. The molecule has 0 saturated heterocycles. The van der Waals surface area contributed by atoms with Crippen molar-refractivity contribution in [1.29, 1.82) is 0 Å². The largest absolute Gasteiger partial charge is 0.354 e. The minimum absolute atomic E-state index is 0.0139. The fourth-order valence-corrected chi connectivity index (χ4v) is 4.50. The molecule has 2 amide bonds. The molecule has 1 aliphatic carbocycles. The van der Waals surface area contributed by atoms with E-state index in [2.05, 4.69) is 15.6 Å². The third kappa shape index (κ3) is 5.08. The van der Waals surface area contributed by atoms with Gasteiger partial charge in [-0.3, -0.25) is 9.59 Å². The number of aromatic nitrogens is 1. The standard InChI is InChI=1S/C20H24ClN3O2S/c1-12(2)23-18(25)13-6-5-7-14(10-13)24-19(26)17-11-22-20(27-17)15-8-3-4-9-16(15)21/h3-4,8-9,11-14H,5-7,10H2,1-2H3,(H,23,25)(H,24,26). The van der Waals surface area contributed by atoms with Crippen LogP contribution < -0.4 is 10.6 Å². The minimum atomic E-state index is -0.138. The normalized spacial score (nSPS) is 19.7. The Hall–Kier alpha value is -1.92. The molecule has 1 aromatic heterocycles. The fourth-order valence-electron chi connectivity index (χ4n) is 3.36. The molecule has 1 aliphatic rings. The van der Waals surface area contributed by atoms with Gasteiger partial charge in [-0.2, -0.15) is 0 Å². The molecule has 2 atom stereocenters. The van der Waals surface area contributed by atoms with Gasteiger partial charge in [0.2, 0.25) is 5.91 Å². The molecular formula is C20H24ClN3O2S. The lowest BCUT2D eigenvalue weighted by Crippen LogP contribution is -2.43. The van der Waals surface area contributed by atoms with E-state index in [1.807, 2.05) is 38.1 Å². The van der Waals surface area contributed by atoms with Gasteiger partial charge in [0.1, 0.15) is 9.88 Å². The quantitative estimate of drug-likeness (QED) is 0.779. The average molecular weight is 406 g/mol. The Balaban J connectivity index is 1.62. The zero-order chi connectivity index (χ0) is 19.4. The highest BCUT2D eigenvalue weighted by Crippen LogP contribution is 2.31. The van der Waals surface area contributed by atoms with Crippen LogP contribution in [0.2, 0.25) is 5.02 Å². The summed E-state index contributed by atoms with van der Waals surface area (Å²) in [5, 5.41) is 7.39. The number of halogens is 1. The molecule has 3 rings (SSSR count). The lowest BCUT2D eigenvalue weighted by Gasteiger charge is -2.29. The van der Waals surface area contributed by atoms with Crippen LogP contribution in [0.25, 0.3) is 10.6 Å². The van der Waals surface area contributed by atoms with Crippen molar-refractivity contribution in [3.63, 3.8) is 0 Å². The molecule has 7 heteroatoms. The van der Waals surface area contributed by atoms with Gasteiger partial charge in [-0.1, -0.05) is 36.2 Å². The Kier molecular flexibility index (Phi) is 6.50. The van der Waals surface area contributed by atoms with Crippen LogP contribution in [0.4, 0.5) is 0 Å². The minimum Gasteiger partial charge on any atom is -0.354 e. The van der Waals surface area contributed by atoms with Crippen molar-refractivity contribution in [3.05, 3.63) is 40.4 Å². The van der Waals surface area contributed by atoms with E-state index in [0.29, 0.717) is 16.3 Å². The highest BCUT2D eigenvalue weighted by atomic mass is 35.5. The third-order valence-electron chi connectivity index (χ3n) is 4.64. The number of hydrogen-bond acceptors (Lipinski definition) is 4. The summed E-state index contributed by atoms with van der Waals surface area (Å²) in [4.78, 5) is 29.8. The number of nitrogens with zero attached hydrogens (tertiary/aromatic N) is 1. The maximum Gasteiger partial charge on any atom is 0.263 e. The van der Waals surface area contributed by atoms with Gasteiger partial charge < -0.3 is 10.6 Å². The topological polar surface area (TPSA) is 71.1 Å². The van der Waals surface area contributed by atoms with Crippen LogP contribution in [0.5, 0.6) is 0 Å². The lowest BCUT2D eigenvalue weighted by molar-refractivity contribution is -0.126. The van der Waals surface area contributed by atoms with Gasteiger partial charge in [0.05, 0.1) is 11.2 Å². The zero-order valence-corrected chi connectivity index (χ0v) is 17.1. The molecule has 1 saturated carbocycles. The molecule has 2 aromatic rings. The van der Waals surface area contributed by atoms with Gasteiger partial charge in [0.25, 0.3) is 5.91 Å². The summed E-state index contributed by atoms with van der Waals surface area (Å²) in [5.41, 5.74) is 0.825. The first kappa shape index (κ1) is 19.8. The molecular weight excluding hydrogens is 382 g/mol. The van der Waals surface area contributed by atoms with Crippen LogP contribution in [-0.2, 0) is 4.79 Å². The van der Waals surface area contributed by atoms with Crippen molar-refractivity contribution >= 4 is 34.8 Å². The van der Waals surface area contributed by atoms with Crippen molar-refractivity contribution in [2.24, 2.45) is 5.92 Å². The zero-order valence-electron chi connectivity index (χ0n) is 15.5. The number of rotatable bonds is 5. The molecule has 1 heterocycles. The first-order valence-corrected chi connectivity index (χ1v) is 10.5. The van der Waals surface area contributed by atoms with Crippen LogP contribution in [-0.4, -0.2) is 28.9 Å². The van der Waals surface area contributed by atoms with Gasteiger partial charge in [0, 0.05) is 23.6 Å². The van der Waals surface area contributed by atoms with E-state index < -0.39 is 0 Å². The summed E-state index contributed by atoms with van der Waals surface area (Å²) >= 11 is 7.54. The van der Waals surface area contributed by atoms with Crippen LogP contribution in [0.15, 0.2) is 30.5 Å². The second-order valence-electron chi connectivity index (χ2n) is 7.21. The van der Waals surface area contributed by atoms with Crippen LogP contribution in [0.3, 0.4) is 0 Å². The maximum absolute atomic E-state index is 12.6. The molecule has 144 valence electrons. The molecule has 0 spiro atoms. The number of carbonyl (C=O) groups excluding carboxylic acids is 2. The molecule has 0 aliphatic heterocycles. The van der Waals surface area contributed by atoms with Crippen molar-refractivity contribution in [3.8, 4) is 10.6 Å². The number of carbonyl (C=O) groups is 2. The first-order chi connectivity index (χ1) is 12.9. The number of amides is 2. The molecule has 2 N–H and O–H groups in total. The van der Waals surface area contributed by atoms with Crippen LogP contribution >= 0.6 is 22.9 Å². The monoisotopic (exact) mass is 405 g/mol. The van der Waals surface area contributed by atoms with Crippen LogP contribution in [0, 0.1) is 5.92 Å². The van der Waals surface area contributed by atoms with E-state index in [1.165, 1.54) is 11.3 Å². The fraction of sp³-hybridized carbons (Fsp3) is 0.450. The smallest absolute Gasteiger partial charge is 0.263 e. The van der Waals surface area contributed by atoms with E-state index in [9.17, 15) is 9.59 Å². The maximum atomic E-state index is 12.6. The van der Waals surface area contributed by atoms with Gasteiger partial charge in [-0.25, -0.2) is 4.98 Å². The predicted molar refractivity (Wildman–Crippen MR) is 109 cm³/mol. The van der Waals surface area contributed by atoms with E-state index in [4.69, 9.17) is 11.6 Å². The molecule has 0 radical (unpaired) electrons. The second kappa shape index (κ2) is 8.85. The van der Waals surface area contributed by atoms with Gasteiger partial charge in [-0.05, 0) is 39.2 Å². The van der Waals surface area contributed by atoms with E-state index in [-0.39, 0.29) is 29.8 Å². The van der Waals surface area contributed by atoms with Crippen molar-refractivity contribution in [2.45, 2.75) is 51.6 Å². The summed E-state index contributed by atoms with van der Waals surface area (Å²) in [7, 11) is 0. The van der Waals surface area contributed by atoms with Crippen molar-refractivity contribution in [2.75, 3.05) is 0 Å². The second-order valence-corrected chi connectivity index (χ2v) is 8.64. The molecule has 5 nitrogen and oxygen atoms in total. The van der Waals surface area contributed by atoms with E-state index >= 15 is 0 Å². The number of hydrogen-bond donors (Lipinski definition) is 2. The first-order valence-electron chi connectivity index (χ1n) is 9.26. The molecule has 0 bridgehead atoms. The summed E-state index contributed by atoms with van der Waals surface area (Å²) in [5.74, 6) is -0.0879. The number of nitrogens with one attached hydrogen (secondary N) is 2. The van der Waals surface area contributed by atoms with Gasteiger partial charge in [-0.15, -0.1) is 11.3 Å². The summed E-state index contributed by atoms with van der Waals surface area (Å²) < 4.78 is 0. The molecule has 27 heavy (non-hydrogen) atoms. The highest BCUT2D eigenvalue weighted by molar-refractivity contribution is 7.17. The Morgan fingerprint density at radius 3 is 2.78 bits per heavy atom. The Bertz CT molecular complexity index is 821. The number of thiazole rings is 1. The average Bonchev–Trinajstić information content (AvgIpc) is 3.12. The lowest BCUT2D eigenvalue weighted by atomic mass is 9.85. The SMILES string of the molecule is CC(C)NC(=O)C1CCCC(NC(=O)c2cnc(-c3ccccc3Cl)s2)C1. The predicted octanol–water partition coefficient (Wildman–Crippen LogP) is 4.28. The third-order valence-corrected chi connectivity index (χ3v) is 6.00. The highest BCUT2D eigenvalue weighted by Gasteiger charge is 2.29. The van der Waals surface area contributed by atoms with Gasteiger partial charge in [0.15, 0.2) is 0 Å². The molecule has 1 fully saturated rings. The summed E-state index contributed by atoms with van der Waals surface area (Å²) in [6, 6.07) is 7.60.